The van der Waals surface area contributed by atoms with E-state index in [-0.39, 0.29) is 12.3 Å². The number of aryl methyl sites for hydroxylation is 1. The zero-order valence-electron chi connectivity index (χ0n) is 12.2. The molecule has 1 aromatic carbocycles. The van der Waals surface area contributed by atoms with Crippen molar-refractivity contribution >= 4 is 28.8 Å². The standard InChI is InChI=1S/C15H14ClN5OS/c16-13-4-2-1-3-12(13)9-20-7-8-23-15(20)19-14(22)5-6-21-11-17-10-18-21/h1-4,7-8,10-11H,5-6,9H2. The third-order valence-corrected chi connectivity index (χ3v) is 4.36. The summed E-state index contributed by atoms with van der Waals surface area (Å²) in [4.78, 5) is 20.7. The van der Waals surface area contributed by atoms with E-state index >= 15 is 0 Å². The Morgan fingerprint density at radius 3 is 3.00 bits per heavy atom. The van der Waals surface area contributed by atoms with Crippen LogP contribution in [0.15, 0.2) is 53.5 Å². The maximum atomic E-state index is 12.0. The fourth-order valence-electron chi connectivity index (χ4n) is 2.04. The van der Waals surface area contributed by atoms with E-state index in [0.29, 0.717) is 22.9 Å². The summed E-state index contributed by atoms with van der Waals surface area (Å²) in [6, 6.07) is 7.64. The van der Waals surface area contributed by atoms with Crippen molar-refractivity contribution in [2.45, 2.75) is 19.5 Å². The molecule has 0 aliphatic carbocycles. The Kier molecular flexibility index (Phi) is 4.99. The lowest BCUT2D eigenvalue weighted by Crippen LogP contribution is -2.17. The molecule has 118 valence electrons. The van der Waals surface area contributed by atoms with Gasteiger partial charge in [0.15, 0.2) is 4.80 Å². The molecule has 0 saturated carbocycles. The number of rotatable bonds is 5. The normalized spacial score (nSPS) is 11.8. The van der Waals surface area contributed by atoms with Gasteiger partial charge < -0.3 is 4.57 Å². The van der Waals surface area contributed by atoms with Crippen LogP contribution in [0, 0.1) is 0 Å². The van der Waals surface area contributed by atoms with Crippen LogP contribution in [-0.2, 0) is 17.9 Å². The summed E-state index contributed by atoms with van der Waals surface area (Å²) >= 11 is 7.61. The van der Waals surface area contributed by atoms with Gasteiger partial charge in [0, 0.05) is 23.0 Å². The molecule has 0 spiro atoms. The summed E-state index contributed by atoms with van der Waals surface area (Å²) in [6.45, 7) is 1.05. The quantitative estimate of drug-likeness (QED) is 0.711. The molecule has 0 unspecified atom stereocenters. The summed E-state index contributed by atoms with van der Waals surface area (Å²) in [6.07, 6.45) is 5.21. The number of nitrogens with zero attached hydrogens (tertiary/aromatic N) is 5. The molecular formula is C15H14ClN5OS. The Bertz CT molecular complexity index is 853. The molecule has 1 amide bonds. The van der Waals surface area contributed by atoms with Gasteiger partial charge in [0.05, 0.1) is 13.1 Å². The monoisotopic (exact) mass is 347 g/mol. The van der Waals surface area contributed by atoms with Crippen LogP contribution in [0.4, 0.5) is 0 Å². The predicted octanol–water partition coefficient (Wildman–Crippen LogP) is 2.36. The van der Waals surface area contributed by atoms with Crippen LogP contribution in [0.3, 0.4) is 0 Å². The highest BCUT2D eigenvalue weighted by molar-refractivity contribution is 7.07. The number of carbonyl (C=O) groups is 1. The Morgan fingerprint density at radius 1 is 1.35 bits per heavy atom. The first kappa shape index (κ1) is 15.6. The van der Waals surface area contributed by atoms with Crippen molar-refractivity contribution in [3.05, 3.63) is 63.9 Å². The van der Waals surface area contributed by atoms with Gasteiger partial charge in [-0.05, 0) is 11.6 Å². The Labute approximate surface area is 141 Å². The average Bonchev–Trinajstić information content (AvgIpc) is 3.20. The van der Waals surface area contributed by atoms with Crippen LogP contribution in [-0.4, -0.2) is 25.2 Å². The topological polar surface area (TPSA) is 65.1 Å². The molecule has 0 saturated heterocycles. The Balaban J connectivity index is 1.72. The molecule has 0 N–H and O–H groups in total. The van der Waals surface area contributed by atoms with Gasteiger partial charge >= 0.3 is 0 Å². The molecule has 8 heteroatoms. The average molecular weight is 348 g/mol. The van der Waals surface area contributed by atoms with Crippen molar-refractivity contribution in [2.75, 3.05) is 0 Å². The van der Waals surface area contributed by atoms with Crippen molar-refractivity contribution in [3.63, 3.8) is 0 Å². The van der Waals surface area contributed by atoms with Crippen LogP contribution in [0.2, 0.25) is 5.02 Å². The summed E-state index contributed by atoms with van der Waals surface area (Å²) in [5.41, 5.74) is 0.990. The second-order valence-electron chi connectivity index (χ2n) is 4.82. The van der Waals surface area contributed by atoms with Crippen LogP contribution in [0.5, 0.6) is 0 Å². The minimum absolute atomic E-state index is 0.184. The van der Waals surface area contributed by atoms with Gasteiger partial charge in [0.1, 0.15) is 12.7 Å². The third kappa shape index (κ3) is 4.14. The van der Waals surface area contributed by atoms with Crippen molar-refractivity contribution < 1.29 is 4.79 Å². The molecule has 3 aromatic rings. The van der Waals surface area contributed by atoms with E-state index in [1.165, 1.54) is 17.7 Å². The number of carbonyl (C=O) groups excluding carboxylic acids is 1. The van der Waals surface area contributed by atoms with Crippen LogP contribution in [0.1, 0.15) is 12.0 Å². The van der Waals surface area contributed by atoms with Crippen LogP contribution >= 0.6 is 22.9 Å². The van der Waals surface area contributed by atoms with Crippen molar-refractivity contribution in [2.24, 2.45) is 4.99 Å². The van der Waals surface area contributed by atoms with E-state index in [1.54, 1.807) is 11.0 Å². The molecule has 2 aromatic heterocycles. The lowest BCUT2D eigenvalue weighted by atomic mass is 10.2. The second-order valence-corrected chi connectivity index (χ2v) is 6.10. The molecule has 0 bridgehead atoms. The highest BCUT2D eigenvalue weighted by Crippen LogP contribution is 2.15. The molecule has 0 aliphatic heterocycles. The fourth-order valence-corrected chi connectivity index (χ4v) is 2.98. The number of hydrogen-bond acceptors (Lipinski definition) is 4. The van der Waals surface area contributed by atoms with E-state index in [9.17, 15) is 4.79 Å². The minimum Gasteiger partial charge on any atom is -0.319 e. The number of hydrogen-bond donors (Lipinski definition) is 0. The second kappa shape index (κ2) is 7.34. The predicted molar refractivity (Wildman–Crippen MR) is 88.1 cm³/mol. The maximum Gasteiger partial charge on any atom is 0.250 e. The van der Waals surface area contributed by atoms with Crippen LogP contribution < -0.4 is 4.80 Å². The molecule has 23 heavy (non-hydrogen) atoms. The molecule has 0 fully saturated rings. The molecule has 0 aliphatic rings. The minimum atomic E-state index is -0.184. The smallest absolute Gasteiger partial charge is 0.250 e. The first-order chi connectivity index (χ1) is 11.2. The largest absolute Gasteiger partial charge is 0.319 e. The van der Waals surface area contributed by atoms with Gasteiger partial charge in [0.2, 0.25) is 5.91 Å². The van der Waals surface area contributed by atoms with E-state index in [2.05, 4.69) is 15.1 Å². The van der Waals surface area contributed by atoms with Gasteiger partial charge in [0.25, 0.3) is 0 Å². The van der Waals surface area contributed by atoms with Crippen LogP contribution in [0.25, 0.3) is 0 Å². The van der Waals surface area contributed by atoms with E-state index < -0.39 is 0 Å². The zero-order valence-corrected chi connectivity index (χ0v) is 13.7. The number of benzene rings is 1. The van der Waals surface area contributed by atoms with Gasteiger partial charge in [-0.25, -0.2) is 4.98 Å². The first-order valence-electron chi connectivity index (χ1n) is 6.99. The maximum absolute atomic E-state index is 12.0. The number of aromatic nitrogens is 4. The van der Waals surface area contributed by atoms with Crippen molar-refractivity contribution in [3.8, 4) is 0 Å². The molecule has 0 radical (unpaired) electrons. The number of amides is 1. The van der Waals surface area contributed by atoms with Crippen molar-refractivity contribution in [1.82, 2.24) is 19.3 Å². The van der Waals surface area contributed by atoms with Gasteiger partial charge in [-0.15, -0.1) is 11.3 Å². The lowest BCUT2D eigenvalue weighted by molar-refractivity contribution is -0.118. The van der Waals surface area contributed by atoms with Gasteiger partial charge in [-0.3, -0.25) is 9.48 Å². The molecular weight excluding hydrogens is 334 g/mol. The van der Waals surface area contributed by atoms with Crippen molar-refractivity contribution in [1.29, 1.82) is 0 Å². The Morgan fingerprint density at radius 2 is 2.22 bits per heavy atom. The SMILES string of the molecule is O=C(CCn1cncn1)N=c1sccn1Cc1ccccc1Cl. The summed E-state index contributed by atoms with van der Waals surface area (Å²) in [5, 5.41) is 6.57. The number of halogens is 1. The Hall–Kier alpha value is -2.25. The zero-order chi connectivity index (χ0) is 16.1. The van der Waals surface area contributed by atoms with Gasteiger partial charge in [-0.1, -0.05) is 29.8 Å². The molecule has 3 rings (SSSR count). The van der Waals surface area contributed by atoms with E-state index in [0.717, 1.165) is 5.56 Å². The first-order valence-corrected chi connectivity index (χ1v) is 8.25. The molecule has 2 heterocycles. The van der Waals surface area contributed by atoms with Gasteiger partial charge in [-0.2, -0.15) is 10.1 Å². The summed E-state index contributed by atoms with van der Waals surface area (Å²) in [5.74, 6) is -0.184. The highest BCUT2D eigenvalue weighted by Gasteiger charge is 2.05. The third-order valence-electron chi connectivity index (χ3n) is 3.20. The summed E-state index contributed by atoms with van der Waals surface area (Å²) < 4.78 is 3.53. The fraction of sp³-hybridized carbons (Fsp3) is 0.200. The molecule has 6 nitrogen and oxygen atoms in total. The summed E-state index contributed by atoms with van der Waals surface area (Å²) in [7, 11) is 0. The van der Waals surface area contributed by atoms with E-state index in [1.807, 2.05) is 40.4 Å². The lowest BCUT2D eigenvalue weighted by Gasteiger charge is -2.05. The number of thiazole rings is 1. The molecule has 0 atom stereocenters. The van der Waals surface area contributed by atoms with E-state index in [4.69, 9.17) is 11.6 Å². The highest BCUT2D eigenvalue weighted by atomic mass is 35.5.